The van der Waals surface area contributed by atoms with Crippen molar-refractivity contribution in [2.75, 3.05) is 13.7 Å². The molecule has 1 aliphatic heterocycles. The second kappa shape index (κ2) is 7.82. The Labute approximate surface area is 131 Å². The maximum Gasteiger partial charge on any atom is 0.410 e. The van der Waals surface area contributed by atoms with Crippen LogP contribution < -0.4 is 0 Å². The molecule has 1 heterocycles. The molecule has 2 atom stereocenters. The van der Waals surface area contributed by atoms with E-state index in [0.29, 0.717) is 18.9 Å². The lowest BCUT2D eigenvalue weighted by Crippen LogP contribution is -2.51. The van der Waals surface area contributed by atoms with Crippen LogP contribution >= 0.6 is 0 Å². The maximum atomic E-state index is 12.4. The molecule has 120 valence electrons. The highest BCUT2D eigenvalue weighted by Gasteiger charge is 2.37. The Hall–Kier alpha value is -2.04. The lowest BCUT2D eigenvalue weighted by atomic mass is 9.91. The van der Waals surface area contributed by atoms with Crippen molar-refractivity contribution in [2.45, 2.75) is 38.8 Å². The molecule has 1 aromatic carbocycles. The molecule has 1 fully saturated rings. The first kappa shape index (κ1) is 16.3. The molecule has 0 aromatic heterocycles. The number of piperidine rings is 1. The standard InChI is InChI=1S/C17H23NO4/c1-3-13-9-10-15(16(19)21-2)18(11-13)17(20)22-12-14-7-5-4-6-8-14/h4-8,13,15H,3,9-12H2,1-2H3. The van der Waals surface area contributed by atoms with Crippen molar-refractivity contribution >= 4 is 12.1 Å². The van der Waals surface area contributed by atoms with Crippen LogP contribution in [0.25, 0.3) is 0 Å². The van der Waals surface area contributed by atoms with Crippen LogP contribution in [-0.4, -0.2) is 36.7 Å². The zero-order valence-electron chi connectivity index (χ0n) is 13.2. The fourth-order valence-corrected chi connectivity index (χ4v) is 2.76. The Kier molecular flexibility index (Phi) is 5.81. The highest BCUT2D eigenvalue weighted by atomic mass is 16.6. The van der Waals surface area contributed by atoms with E-state index in [9.17, 15) is 9.59 Å². The lowest BCUT2D eigenvalue weighted by Gasteiger charge is -2.37. The molecule has 0 N–H and O–H groups in total. The van der Waals surface area contributed by atoms with Crippen LogP contribution in [-0.2, 0) is 20.9 Å². The van der Waals surface area contributed by atoms with Gasteiger partial charge in [-0.05, 0) is 24.3 Å². The van der Waals surface area contributed by atoms with E-state index in [1.54, 1.807) is 0 Å². The van der Waals surface area contributed by atoms with E-state index in [0.717, 1.165) is 18.4 Å². The monoisotopic (exact) mass is 305 g/mol. The molecule has 1 aromatic rings. The number of carbonyl (C=O) groups is 2. The Morgan fingerprint density at radius 1 is 1.23 bits per heavy atom. The van der Waals surface area contributed by atoms with E-state index < -0.39 is 12.1 Å². The zero-order chi connectivity index (χ0) is 15.9. The average molecular weight is 305 g/mol. The van der Waals surface area contributed by atoms with Gasteiger partial charge in [0, 0.05) is 6.54 Å². The van der Waals surface area contributed by atoms with Crippen LogP contribution in [0.5, 0.6) is 0 Å². The summed E-state index contributed by atoms with van der Waals surface area (Å²) in [6, 6.07) is 8.97. The third kappa shape index (κ3) is 4.00. The number of amides is 1. The molecular weight excluding hydrogens is 282 g/mol. The zero-order valence-corrected chi connectivity index (χ0v) is 13.2. The number of methoxy groups -OCH3 is 1. The van der Waals surface area contributed by atoms with Crippen LogP contribution in [0, 0.1) is 5.92 Å². The summed E-state index contributed by atoms with van der Waals surface area (Å²) < 4.78 is 10.2. The number of esters is 1. The van der Waals surface area contributed by atoms with E-state index in [2.05, 4.69) is 6.92 Å². The van der Waals surface area contributed by atoms with Gasteiger partial charge in [-0.1, -0.05) is 43.7 Å². The minimum atomic E-state index is -0.531. The van der Waals surface area contributed by atoms with Gasteiger partial charge in [-0.15, -0.1) is 0 Å². The van der Waals surface area contributed by atoms with Gasteiger partial charge in [0.25, 0.3) is 0 Å². The van der Waals surface area contributed by atoms with Gasteiger partial charge in [0.1, 0.15) is 12.6 Å². The highest BCUT2D eigenvalue weighted by molar-refractivity contribution is 5.81. The van der Waals surface area contributed by atoms with Crippen molar-refractivity contribution in [3.8, 4) is 0 Å². The molecule has 5 nitrogen and oxygen atoms in total. The third-order valence-corrected chi connectivity index (χ3v) is 4.17. The first-order chi connectivity index (χ1) is 10.7. The number of carbonyl (C=O) groups excluding carboxylic acids is 2. The molecule has 0 aliphatic carbocycles. The fourth-order valence-electron chi connectivity index (χ4n) is 2.76. The minimum Gasteiger partial charge on any atom is -0.467 e. The number of likely N-dealkylation sites (tertiary alicyclic amines) is 1. The number of rotatable bonds is 4. The molecule has 22 heavy (non-hydrogen) atoms. The molecule has 5 heteroatoms. The van der Waals surface area contributed by atoms with E-state index >= 15 is 0 Å². The molecule has 0 spiro atoms. The molecule has 1 saturated heterocycles. The van der Waals surface area contributed by atoms with Gasteiger partial charge in [0.2, 0.25) is 0 Å². The Bertz CT molecular complexity index is 503. The maximum absolute atomic E-state index is 12.4. The van der Waals surface area contributed by atoms with Gasteiger partial charge in [0.15, 0.2) is 0 Å². The molecule has 0 radical (unpaired) electrons. The fraction of sp³-hybridized carbons (Fsp3) is 0.529. The van der Waals surface area contributed by atoms with Crippen molar-refractivity contribution in [1.82, 2.24) is 4.90 Å². The Balaban J connectivity index is 2.00. The highest BCUT2D eigenvalue weighted by Crippen LogP contribution is 2.25. The topological polar surface area (TPSA) is 55.8 Å². The number of nitrogens with zero attached hydrogens (tertiary/aromatic N) is 1. The van der Waals surface area contributed by atoms with Gasteiger partial charge < -0.3 is 9.47 Å². The van der Waals surface area contributed by atoms with E-state index in [1.165, 1.54) is 12.0 Å². The van der Waals surface area contributed by atoms with Crippen molar-refractivity contribution in [1.29, 1.82) is 0 Å². The minimum absolute atomic E-state index is 0.209. The average Bonchev–Trinajstić information content (AvgIpc) is 2.59. The summed E-state index contributed by atoms with van der Waals surface area (Å²) in [6.45, 7) is 2.85. The molecule has 2 unspecified atom stereocenters. The van der Waals surface area contributed by atoms with Crippen molar-refractivity contribution in [3.63, 3.8) is 0 Å². The van der Waals surface area contributed by atoms with Crippen LogP contribution in [0.4, 0.5) is 4.79 Å². The van der Waals surface area contributed by atoms with Crippen LogP contribution in [0.1, 0.15) is 31.7 Å². The second-order valence-electron chi connectivity index (χ2n) is 5.58. The number of ether oxygens (including phenoxy) is 2. The van der Waals surface area contributed by atoms with Crippen molar-refractivity contribution < 1.29 is 19.1 Å². The predicted octanol–water partition coefficient (Wildman–Crippen LogP) is 2.99. The smallest absolute Gasteiger partial charge is 0.410 e. The lowest BCUT2D eigenvalue weighted by molar-refractivity contribution is -0.148. The quantitative estimate of drug-likeness (QED) is 0.802. The van der Waals surface area contributed by atoms with Crippen molar-refractivity contribution in [3.05, 3.63) is 35.9 Å². The summed E-state index contributed by atoms with van der Waals surface area (Å²) in [5, 5.41) is 0. The van der Waals surface area contributed by atoms with Crippen molar-refractivity contribution in [2.24, 2.45) is 5.92 Å². The number of hydrogen-bond donors (Lipinski definition) is 0. The summed E-state index contributed by atoms with van der Waals surface area (Å²) in [5.74, 6) is 0.0383. The molecule has 1 amide bonds. The first-order valence-electron chi connectivity index (χ1n) is 7.70. The van der Waals surface area contributed by atoms with Gasteiger partial charge in [-0.25, -0.2) is 9.59 Å². The molecule has 1 aliphatic rings. The third-order valence-electron chi connectivity index (χ3n) is 4.17. The predicted molar refractivity (Wildman–Crippen MR) is 82.2 cm³/mol. The summed E-state index contributed by atoms with van der Waals surface area (Å²) in [4.78, 5) is 25.8. The summed E-state index contributed by atoms with van der Waals surface area (Å²) in [5.41, 5.74) is 0.925. The normalized spacial score (nSPS) is 21.3. The molecular formula is C17H23NO4. The van der Waals surface area contributed by atoms with Gasteiger partial charge in [-0.3, -0.25) is 4.90 Å². The van der Waals surface area contributed by atoms with Crippen LogP contribution in [0.2, 0.25) is 0 Å². The second-order valence-corrected chi connectivity index (χ2v) is 5.58. The van der Waals surface area contributed by atoms with Crippen LogP contribution in [0.15, 0.2) is 30.3 Å². The molecule has 0 bridgehead atoms. The van der Waals surface area contributed by atoms with Gasteiger partial charge in [0.05, 0.1) is 7.11 Å². The van der Waals surface area contributed by atoms with E-state index in [1.807, 2.05) is 30.3 Å². The largest absolute Gasteiger partial charge is 0.467 e. The van der Waals surface area contributed by atoms with E-state index in [-0.39, 0.29) is 12.6 Å². The first-order valence-corrected chi connectivity index (χ1v) is 7.70. The summed E-state index contributed by atoms with van der Waals surface area (Å²) in [7, 11) is 1.35. The number of hydrogen-bond acceptors (Lipinski definition) is 4. The van der Waals surface area contributed by atoms with Gasteiger partial charge in [-0.2, -0.15) is 0 Å². The summed E-state index contributed by atoms with van der Waals surface area (Å²) in [6.07, 6.45) is 2.10. The Morgan fingerprint density at radius 2 is 1.95 bits per heavy atom. The van der Waals surface area contributed by atoms with Crippen LogP contribution in [0.3, 0.4) is 0 Å². The molecule has 0 saturated carbocycles. The number of benzene rings is 1. The van der Waals surface area contributed by atoms with E-state index in [4.69, 9.17) is 9.47 Å². The molecule has 2 rings (SSSR count). The van der Waals surface area contributed by atoms with Gasteiger partial charge >= 0.3 is 12.1 Å². The summed E-state index contributed by atoms with van der Waals surface area (Å²) >= 11 is 0. The Morgan fingerprint density at radius 3 is 2.59 bits per heavy atom. The SMILES string of the molecule is CCC1CCC(C(=O)OC)N(C(=O)OCc2ccccc2)C1.